The van der Waals surface area contributed by atoms with Crippen molar-refractivity contribution in [3.63, 3.8) is 0 Å². The van der Waals surface area contributed by atoms with Crippen LogP contribution in [0.3, 0.4) is 0 Å². The van der Waals surface area contributed by atoms with Crippen molar-refractivity contribution in [1.82, 2.24) is 9.55 Å². The van der Waals surface area contributed by atoms with Crippen LogP contribution in [0.5, 0.6) is 0 Å². The van der Waals surface area contributed by atoms with Crippen molar-refractivity contribution in [2.75, 3.05) is 0 Å². The molecule has 2 rings (SSSR count). The summed E-state index contributed by atoms with van der Waals surface area (Å²) in [6, 6.07) is 6.33. The normalized spacial score (nSPS) is 13.5. The van der Waals surface area contributed by atoms with E-state index in [4.69, 9.17) is 23.8 Å². The van der Waals surface area contributed by atoms with Crippen LogP contribution in [0.1, 0.15) is 33.2 Å². The predicted molar refractivity (Wildman–Crippen MR) is 76.3 cm³/mol. The molecule has 0 aliphatic carbocycles. The van der Waals surface area contributed by atoms with Gasteiger partial charge in [0.2, 0.25) is 0 Å². The number of hydrogen-bond acceptors (Lipinski definition) is 1. The summed E-state index contributed by atoms with van der Waals surface area (Å²) in [5.74, 6) is 0.546. The molecule has 1 aromatic carbocycles. The van der Waals surface area contributed by atoms with Gasteiger partial charge in [0.05, 0.1) is 16.1 Å². The maximum atomic E-state index is 6.18. The lowest BCUT2D eigenvalue weighted by molar-refractivity contribution is 0.370. The van der Waals surface area contributed by atoms with Crippen molar-refractivity contribution in [2.45, 2.75) is 33.2 Å². The number of halogens is 1. The minimum atomic E-state index is 0.412. The summed E-state index contributed by atoms with van der Waals surface area (Å²) in [5, 5.41) is 0.728. The molecule has 0 spiro atoms. The van der Waals surface area contributed by atoms with E-state index in [0.29, 0.717) is 12.0 Å². The summed E-state index contributed by atoms with van der Waals surface area (Å²) in [7, 11) is 0. The maximum Gasteiger partial charge on any atom is 0.178 e. The average molecular weight is 269 g/mol. The minimum absolute atomic E-state index is 0.412. The highest BCUT2D eigenvalue weighted by molar-refractivity contribution is 7.71. The fraction of sp³-hybridized carbons (Fsp3) is 0.462. The van der Waals surface area contributed by atoms with E-state index in [2.05, 4.69) is 36.4 Å². The van der Waals surface area contributed by atoms with Crippen molar-refractivity contribution in [1.29, 1.82) is 0 Å². The van der Waals surface area contributed by atoms with E-state index >= 15 is 0 Å². The molecule has 17 heavy (non-hydrogen) atoms. The van der Waals surface area contributed by atoms with E-state index in [0.717, 1.165) is 27.2 Å². The topological polar surface area (TPSA) is 20.7 Å². The molecular weight excluding hydrogens is 252 g/mol. The van der Waals surface area contributed by atoms with E-state index in [1.165, 1.54) is 0 Å². The number of rotatable bonds is 3. The molecule has 0 aliphatic rings. The maximum absolute atomic E-state index is 6.18. The van der Waals surface area contributed by atoms with Crippen molar-refractivity contribution >= 4 is 34.9 Å². The van der Waals surface area contributed by atoms with Gasteiger partial charge in [-0.1, -0.05) is 38.4 Å². The number of aromatic nitrogens is 2. The van der Waals surface area contributed by atoms with Crippen LogP contribution in [0.4, 0.5) is 0 Å². The zero-order valence-electron chi connectivity index (χ0n) is 10.3. The highest BCUT2D eigenvalue weighted by Crippen LogP contribution is 2.29. The van der Waals surface area contributed by atoms with E-state index in [-0.39, 0.29) is 0 Å². The van der Waals surface area contributed by atoms with Gasteiger partial charge in [-0.25, -0.2) is 0 Å². The summed E-state index contributed by atoms with van der Waals surface area (Å²) < 4.78 is 2.95. The van der Waals surface area contributed by atoms with Crippen LogP contribution >= 0.6 is 23.8 Å². The molecule has 1 aromatic heterocycles. The van der Waals surface area contributed by atoms with Gasteiger partial charge in [0, 0.05) is 6.04 Å². The SMILES string of the molecule is CCC(C(C)C)n1c(=S)[nH]c2c(Cl)cccc21. The Morgan fingerprint density at radius 2 is 2.12 bits per heavy atom. The van der Waals surface area contributed by atoms with Gasteiger partial charge in [0.15, 0.2) is 4.77 Å². The van der Waals surface area contributed by atoms with Gasteiger partial charge in [-0.15, -0.1) is 0 Å². The number of aromatic amines is 1. The number of benzene rings is 1. The lowest BCUT2D eigenvalue weighted by atomic mass is 10.0. The quantitative estimate of drug-likeness (QED) is 0.781. The molecule has 2 nitrogen and oxygen atoms in total. The number of para-hydroxylation sites is 1. The zero-order valence-corrected chi connectivity index (χ0v) is 11.9. The van der Waals surface area contributed by atoms with Crippen LogP contribution in [-0.4, -0.2) is 9.55 Å². The van der Waals surface area contributed by atoms with Crippen LogP contribution in [0.25, 0.3) is 11.0 Å². The van der Waals surface area contributed by atoms with Gasteiger partial charge in [-0.05, 0) is 36.7 Å². The second kappa shape index (κ2) is 4.83. The summed E-state index contributed by atoms with van der Waals surface area (Å²) >= 11 is 11.6. The minimum Gasteiger partial charge on any atom is -0.329 e. The Hall–Kier alpha value is -0.800. The molecular formula is C13H17ClN2S. The summed E-state index contributed by atoms with van der Waals surface area (Å²) in [6.07, 6.45) is 1.06. The second-order valence-corrected chi connectivity index (χ2v) is 5.45. The standard InChI is InChI=1S/C13H17ClN2S/c1-4-10(8(2)3)16-11-7-5-6-9(14)12(11)15-13(16)17/h5-8,10H,4H2,1-3H3,(H,15,17). The van der Waals surface area contributed by atoms with Crippen LogP contribution in [-0.2, 0) is 0 Å². The Morgan fingerprint density at radius 3 is 2.71 bits per heavy atom. The van der Waals surface area contributed by atoms with Crippen molar-refractivity contribution in [3.8, 4) is 0 Å². The third-order valence-corrected chi connectivity index (χ3v) is 3.84. The molecule has 0 aliphatic heterocycles. The van der Waals surface area contributed by atoms with E-state index < -0.39 is 0 Å². The molecule has 1 N–H and O–H groups in total. The lowest BCUT2D eigenvalue weighted by Gasteiger charge is -2.21. The van der Waals surface area contributed by atoms with Gasteiger partial charge in [-0.3, -0.25) is 0 Å². The molecule has 2 aromatic rings. The highest BCUT2D eigenvalue weighted by atomic mass is 35.5. The summed E-state index contributed by atoms with van der Waals surface area (Å²) in [5.41, 5.74) is 2.04. The number of nitrogens with zero attached hydrogens (tertiary/aromatic N) is 1. The Balaban J connectivity index is 2.73. The molecule has 0 amide bonds. The van der Waals surface area contributed by atoms with Crippen LogP contribution in [0.15, 0.2) is 18.2 Å². The van der Waals surface area contributed by atoms with E-state index in [1.807, 2.05) is 12.1 Å². The van der Waals surface area contributed by atoms with E-state index in [1.54, 1.807) is 0 Å². The fourth-order valence-electron chi connectivity index (χ4n) is 2.40. The second-order valence-electron chi connectivity index (χ2n) is 4.65. The molecule has 1 unspecified atom stereocenters. The summed E-state index contributed by atoms with van der Waals surface area (Å²) in [4.78, 5) is 3.21. The molecule has 4 heteroatoms. The van der Waals surface area contributed by atoms with Crippen LogP contribution in [0.2, 0.25) is 5.02 Å². The van der Waals surface area contributed by atoms with Crippen LogP contribution in [0, 0.1) is 10.7 Å². The first-order valence-corrected chi connectivity index (χ1v) is 6.73. The molecule has 0 bridgehead atoms. The van der Waals surface area contributed by atoms with Crippen molar-refractivity contribution < 1.29 is 0 Å². The molecule has 0 saturated carbocycles. The Morgan fingerprint density at radius 1 is 1.41 bits per heavy atom. The van der Waals surface area contributed by atoms with E-state index in [9.17, 15) is 0 Å². The van der Waals surface area contributed by atoms with Gasteiger partial charge in [-0.2, -0.15) is 0 Å². The van der Waals surface area contributed by atoms with Gasteiger partial charge < -0.3 is 9.55 Å². The third-order valence-electron chi connectivity index (χ3n) is 3.22. The number of hydrogen-bond donors (Lipinski definition) is 1. The monoisotopic (exact) mass is 268 g/mol. The number of imidazole rings is 1. The molecule has 0 saturated heterocycles. The predicted octanol–water partition coefficient (Wildman–Crippen LogP) is 4.96. The van der Waals surface area contributed by atoms with Gasteiger partial charge >= 0.3 is 0 Å². The fourth-order valence-corrected chi connectivity index (χ4v) is 2.95. The smallest absolute Gasteiger partial charge is 0.178 e. The first-order valence-electron chi connectivity index (χ1n) is 5.95. The highest BCUT2D eigenvalue weighted by Gasteiger charge is 2.17. The third kappa shape index (κ3) is 2.14. The molecule has 92 valence electrons. The molecule has 1 atom stereocenters. The Labute approximate surface area is 112 Å². The first-order chi connectivity index (χ1) is 8.06. The number of H-pyrrole nitrogens is 1. The van der Waals surface area contributed by atoms with Crippen molar-refractivity contribution in [2.24, 2.45) is 5.92 Å². The van der Waals surface area contributed by atoms with Crippen molar-refractivity contribution in [3.05, 3.63) is 28.0 Å². The zero-order chi connectivity index (χ0) is 12.6. The largest absolute Gasteiger partial charge is 0.329 e. The average Bonchev–Trinajstić information content (AvgIpc) is 2.59. The Kier molecular flexibility index (Phi) is 3.59. The molecule has 0 fully saturated rings. The van der Waals surface area contributed by atoms with Crippen LogP contribution < -0.4 is 0 Å². The van der Waals surface area contributed by atoms with Gasteiger partial charge in [0.1, 0.15) is 0 Å². The number of nitrogens with one attached hydrogen (secondary N) is 1. The van der Waals surface area contributed by atoms with Gasteiger partial charge in [0.25, 0.3) is 0 Å². The summed E-state index contributed by atoms with van der Waals surface area (Å²) in [6.45, 7) is 6.63. The Bertz CT molecular complexity index is 583. The number of fused-ring (bicyclic) bond motifs is 1. The molecule has 1 heterocycles. The lowest BCUT2D eigenvalue weighted by Crippen LogP contribution is -2.14. The first kappa shape index (κ1) is 12.7. The molecule has 0 radical (unpaired) electrons.